The zero-order valence-electron chi connectivity index (χ0n) is 10.5. The van der Waals surface area contributed by atoms with Gasteiger partial charge in [0.25, 0.3) is 15.7 Å². The molecule has 0 fully saturated rings. The van der Waals surface area contributed by atoms with Crippen molar-refractivity contribution in [1.29, 1.82) is 0 Å². The molecule has 0 heterocycles. The summed E-state index contributed by atoms with van der Waals surface area (Å²) in [6.45, 7) is 4.80. The molecule has 0 radical (unpaired) electrons. The number of hydrogen-bond donors (Lipinski definition) is 1. The lowest BCUT2D eigenvalue weighted by Gasteiger charge is -2.19. The van der Waals surface area contributed by atoms with E-state index in [1.54, 1.807) is 25.7 Å². The number of nitrogens with zero attached hydrogens (tertiary/aromatic N) is 1. The maximum Gasteiger partial charge on any atom is 0.272 e. The van der Waals surface area contributed by atoms with Crippen molar-refractivity contribution in [3.05, 3.63) is 34.1 Å². The van der Waals surface area contributed by atoms with Crippen molar-refractivity contribution < 1.29 is 22.6 Å². The highest BCUT2D eigenvalue weighted by molar-refractivity contribution is 7.89. The molecule has 0 unspecified atom stereocenters. The molecular weight excluding hydrogens is 279 g/mol. The number of benzene rings is 1. The SMILES string of the molecule is CC(C)(C)ONS(=O)(=O)c1ccc([N+](=O)[O-])cc1F. The van der Waals surface area contributed by atoms with E-state index in [0.717, 1.165) is 12.1 Å². The lowest BCUT2D eigenvalue weighted by Crippen LogP contribution is -2.34. The molecule has 0 amide bonds. The monoisotopic (exact) mass is 292 g/mol. The topological polar surface area (TPSA) is 98.5 Å². The van der Waals surface area contributed by atoms with Gasteiger partial charge < -0.3 is 0 Å². The molecule has 0 aliphatic carbocycles. The molecule has 0 atom stereocenters. The van der Waals surface area contributed by atoms with Crippen molar-refractivity contribution in [3.8, 4) is 0 Å². The number of nitro benzene ring substituents is 1. The fourth-order valence-corrected chi connectivity index (χ4v) is 2.06. The van der Waals surface area contributed by atoms with Crippen molar-refractivity contribution in [2.75, 3.05) is 0 Å². The zero-order valence-corrected chi connectivity index (χ0v) is 11.3. The zero-order chi connectivity index (χ0) is 14.8. The average Bonchev–Trinajstić information content (AvgIpc) is 2.25. The van der Waals surface area contributed by atoms with E-state index in [-0.39, 0.29) is 0 Å². The lowest BCUT2D eigenvalue weighted by molar-refractivity contribution is -0.385. The van der Waals surface area contributed by atoms with Gasteiger partial charge in [-0.2, -0.15) is 0 Å². The first-order valence-electron chi connectivity index (χ1n) is 5.17. The molecular formula is C10H13FN2O5S. The quantitative estimate of drug-likeness (QED) is 0.673. The minimum Gasteiger partial charge on any atom is -0.281 e. The third-order valence-electron chi connectivity index (χ3n) is 1.87. The van der Waals surface area contributed by atoms with Gasteiger partial charge in [0.2, 0.25) is 0 Å². The molecule has 0 aliphatic heterocycles. The Hall–Kier alpha value is -1.58. The Balaban J connectivity index is 3.06. The molecule has 1 N–H and O–H groups in total. The summed E-state index contributed by atoms with van der Waals surface area (Å²) in [5.74, 6) is -1.22. The number of halogens is 1. The fourth-order valence-electron chi connectivity index (χ4n) is 1.05. The van der Waals surface area contributed by atoms with Crippen LogP contribution >= 0.6 is 0 Å². The molecule has 1 rings (SSSR count). The Morgan fingerprint density at radius 2 is 1.95 bits per heavy atom. The molecule has 9 heteroatoms. The van der Waals surface area contributed by atoms with E-state index >= 15 is 0 Å². The normalized spacial score (nSPS) is 12.4. The first-order valence-corrected chi connectivity index (χ1v) is 6.65. The molecule has 19 heavy (non-hydrogen) atoms. The second-order valence-electron chi connectivity index (χ2n) is 4.67. The number of non-ortho nitro benzene ring substituents is 1. The molecule has 1 aromatic carbocycles. The predicted octanol–water partition coefficient (Wildman–Crippen LogP) is 1.74. The highest BCUT2D eigenvalue weighted by atomic mass is 32.2. The number of nitro groups is 1. The minimum atomic E-state index is -4.24. The summed E-state index contributed by atoms with van der Waals surface area (Å²) >= 11 is 0. The van der Waals surface area contributed by atoms with Gasteiger partial charge in [-0.05, 0) is 26.8 Å². The lowest BCUT2D eigenvalue weighted by atomic mass is 10.2. The molecule has 0 saturated carbocycles. The van der Waals surface area contributed by atoms with Crippen LogP contribution < -0.4 is 4.89 Å². The standard InChI is InChI=1S/C10H13FN2O5S/c1-10(2,3)18-12-19(16,17)9-5-4-7(13(14)15)6-8(9)11/h4-6,12H,1-3H3. The number of nitrogens with one attached hydrogen (secondary N) is 1. The molecule has 0 aliphatic rings. The van der Waals surface area contributed by atoms with Gasteiger partial charge in [0, 0.05) is 6.07 Å². The minimum absolute atomic E-state index is 0.533. The molecule has 106 valence electrons. The Morgan fingerprint density at radius 1 is 1.37 bits per heavy atom. The molecule has 0 spiro atoms. The van der Waals surface area contributed by atoms with E-state index in [1.807, 2.05) is 0 Å². The third-order valence-corrected chi connectivity index (χ3v) is 3.09. The highest BCUT2D eigenvalue weighted by Gasteiger charge is 2.24. The molecule has 0 bridgehead atoms. The molecule has 1 aromatic rings. The van der Waals surface area contributed by atoms with Crippen LogP contribution in [-0.2, 0) is 14.9 Å². The summed E-state index contributed by atoms with van der Waals surface area (Å²) in [6.07, 6.45) is 0. The van der Waals surface area contributed by atoms with Crippen LogP contribution in [0.5, 0.6) is 0 Å². The summed E-state index contributed by atoms with van der Waals surface area (Å²) in [6, 6.07) is 2.24. The van der Waals surface area contributed by atoms with Crippen LogP contribution in [0, 0.1) is 15.9 Å². The Labute approximate surface area is 109 Å². The van der Waals surface area contributed by atoms with Crippen LogP contribution in [0.25, 0.3) is 0 Å². The Morgan fingerprint density at radius 3 is 2.37 bits per heavy atom. The van der Waals surface area contributed by atoms with Gasteiger partial charge in [-0.25, -0.2) is 12.8 Å². The molecule has 0 aromatic heterocycles. The smallest absolute Gasteiger partial charge is 0.272 e. The van der Waals surface area contributed by atoms with Crippen molar-refractivity contribution in [3.63, 3.8) is 0 Å². The molecule has 0 saturated heterocycles. The van der Waals surface area contributed by atoms with Crippen LogP contribution in [0.2, 0.25) is 0 Å². The Bertz CT molecular complexity index is 594. The summed E-state index contributed by atoms with van der Waals surface area (Å²) in [7, 11) is -4.24. The number of hydrogen-bond acceptors (Lipinski definition) is 5. The van der Waals surface area contributed by atoms with Crippen LogP contribution in [0.15, 0.2) is 23.1 Å². The van der Waals surface area contributed by atoms with Crippen molar-refractivity contribution in [2.45, 2.75) is 31.3 Å². The van der Waals surface area contributed by atoms with Gasteiger partial charge in [-0.1, -0.05) is 4.89 Å². The molecule has 7 nitrogen and oxygen atoms in total. The second kappa shape index (κ2) is 5.19. The Kier molecular flexibility index (Phi) is 4.23. The number of rotatable bonds is 4. The van der Waals surface area contributed by atoms with Crippen molar-refractivity contribution in [2.24, 2.45) is 0 Å². The fraction of sp³-hybridized carbons (Fsp3) is 0.400. The van der Waals surface area contributed by atoms with Crippen LogP contribution in [0.1, 0.15) is 20.8 Å². The van der Waals surface area contributed by atoms with E-state index in [9.17, 15) is 22.9 Å². The maximum atomic E-state index is 13.5. The van der Waals surface area contributed by atoms with E-state index in [4.69, 9.17) is 4.84 Å². The highest BCUT2D eigenvalue weighted by Crippen LogP contribution is 2.20. The first kappa shape index (κ1) is 15.5. The van der Waals surface area contributed by atoms with Crippen LogP contribution in [0.4, 0.5) is 10.1 Å². The van der Waals surface area contributed by atoms with E-state index < -0.39 is 36.9 Å². The van der Waals surface area contributed by atoms with Gasteiger partial charge in [0.1, 0.15) is 10.7 Å². The van der Waals surface area contributed by atoms with Crippen LogP contribution in [-0.4, -0.2) is 18.9 Å². The van der Waals surface area contributed by atoms with Gasteiger partial charge in [0.05, 0.1) is 16.6 Å². The van der Waals surface area contributed by atoms with E-state index in [1.165, 1.54) is 0 Å². The largest absolute Gasteiger partial charge is 0.281 e. The van der Waals surface area contributed by atoms with E-state index in [2.05, 4.69) is 0 Å². The summed E-state index contributed by atoms with van der Waals surface area (Å²) in [5, 5.41) is 10.4. The average molecular weight is 292 g/mol. The van der Waals surface area contributed by atoms with Crippen LogP contribution in [0.3, 0.4) is 0 Å². The summed E-state index contributed by atoms with van der Waals surface area (Å²) in [5.41, 5.74) is -1.34. The van der Waals surface area contributed by atoms with Gasteiger partial charge in [-0.15, -0.1) is 0 Å². The summed E-state index contributed by atoms with van der Waals surface area (Å²) in [4.78, 5) is 15.5. The van der Waals surface area contributed by atoms with Gasteiger partial charge in [-0.3, -0.25) is 15.0 Å². The number of sulfonamides is 1. The predicted molar refractivity (Wildman–Crippen MR) is 64.2 cm³/mol. The summed E-state index contributed by atoms with van der Waals surface area (Å²) < 4.78 is 37.0. The first-order chi connectivity index (χ1) is 8.53. The second-order valence-corrected chi connectivity index (χ2v) is 6.29. The van der Waals surface area contributed by atoms with Crippen molar-refractivity contribution >= 4 is 15.7 Å². The third kappa shape index (κ3) is 4.23. The van der Waals surface area contributed by atoms with Gasteiger partial charge >= 0.3 is 0 Å². The van der Waals surface area contributed by atoms with E-state index in [0.29, 0.717) is 6.07 Å². The maximum absolute atomic E-state index is 13.5. The van der Waals surface area contributed by atoms with Gasteiger partial charge in [0.15, 0.2) is 0 Å². The van der Waals surface area contributed by atoms with Crippen molar-refractivity contribution in [1.82, 2.24) is 4.89 Å².